The van der Waals surface area contributed by atoms with Crippen LogP contribution in [0.2, 0.25) is 5.02 Å². The predicted molar refractivity (Wildman–Crippen MR) is 144 cm³/mol. The Morgan fingerprint density at radius 2 is 2.03 bits per heavy atom. The lowest BCUT2D eigenvalue weighted by Crippen LogP contribution is -2.19. The first-order valence-electron chi connectivity index (χ1n) is 12.1. The summed E-state index contributed by atoms with van der Waals surface area (Å²) in [5.74, 6) is 5.72. The van der Waals surface area contributed by atoms with Gasteiger partial charge in [-0.05, 0) is 50.6 Å². The lowest BCUT2D eigenvalue weighted by Gasteiger charge is -2.17. The van der Waals surface area contributed by atoms with Crippen molar-refractivity contribution in [1.29, 1.82) is 0 Å². The molecule has 2 heterocycles. The SMILES string of the molecule is CCOP(=O)(CC(=O)Nc1cc2c(Nc3ccc(F)c(Cl)c3)ncnc2cc1C#CC1CCOC1)OCC. The molecule has 1 aliphatic rings. The minimum absolute atomic E-state index is 0.0391. The number of anilines is 3. The molecule has 0 aliphatic carbocycles. The lowest BCUT2D eigenvalue weighted by molar-refractivity contribution is -0.114. The van der Waals surface area contributed by atoms with E-state index < -0.39 is 25.5 Å². The average Bonchev–Trinajstić information content (AvgIpc) is 3.39. The largest absolute Gasteiger partial charge is 0.380 e. The molecule has 0 bridgehead atoms. The first-order valence-corrected chi connectivity index (χ1v) is 14.2. The highest BCUT2D eigenvalue weighted by molar-refractivity contribution is 7.54. The van der Waals surface area contributed by atoms with Gasteiger partial charge in [0, 0.05) is 23.6 Å². The highest BCUT2D eigenvalue weighted by Crippen LogP contribution is 2.47. The van der Waals surface area contributed by atoms with Gasteiger partial charge in [-0.15, -0.1) is 0 Å². The Labute approximate surface area is 225 Å². The number of ether oxygens (including phenoxy) is 1. The molecule has 2 aromatic carbocycles. The fraction of sp³-hybridized carbons (Fsp3) is 0.346. The van der Waals surface area contributed by atoms with Gasteiger partial charge in [-0.25, -0.2) is 14.4 Å². The Hall–Kier alpha value is -3.06. The molecular formula is C26H27ClFN4O5P. The highest BCUT2D eigenvalue weighted by Gasteiger charge is 2.28. The number of hydrogen-bond acceptors (Lipinski definition) is 8. The maximum absolute atomic E-state index is 13.6. The van der Waals surface area contributed by atoms with Crippen molar-refractivity contribution in [3.8, 4) is 11.8 Å². The number of carbonyl (C=O) groups excluding carboxylic acids is 1. The smallest absolute Gasteiger partial charge is 0.340 e. The van der Waals surface area contributed by atoms with Crippen molar-refractivity contribution in [2.75, 3.05) is 43.2 Å². The third-order valence-electron chi connectivity index (χ3n) is 5.56. The van der Waals surface area contributed by atoms with Gasteiger partial charge in [-0.2, -0.15) is 0 Å². The molecule has 12 heteroatoms. The summed E-state index contributed by atoms with van der Waals surface area (Å²) in [4.78, 5) is 21.6. The summed E-state index contributed by atoms with van der Waals surface area (Å²) in [6, 6.07) is 7.64. The summed E-state index contributed by atoms with van der Waals surface area (Å²) in [6.07, 6.45) is 1.75. The van der Waals surface area contributed by atoms with Crippen LogP contribution >= 0.6 is 19.2 Å². The van der Waals surface area contributed by atoms with Crippen molar-refractivity contribution < 1.29 is 27.5 Å². The van der Waals surface area contributed by atoms with Crippen LogP contribution in [0.15, 0.2) is 36.7 Å². The molecule has 0 spiro atoms. The molecule has 3 aromatic rings. The van der Waals surface area contributed by atoms with Crippen molar-refractivity contribution in [2.45, 2.75) is 20.3 Å². The van der Waals surface area contributed by atoms with E-state index in [1.807, 2.05) is 0 Å². The van der Waals surface area contributed by atoms with E-state index in [-0.39, 0.29) is 24.2 Å². The van der Waals surface area contributed by atoms with Crippen LogP contribution in [0.25, 0.3) is 10.9 Å². The Balaban J connectivity index is 1.71. The van der Waals surface area contributed by atoms with Gasteiger partial charge in [-0.1, -0.05) is 23.4 Å². The van der Waals surface area contributed by atoms with Gasteiger partial charge in [0.1, 0.15) is 24.1 Å². The lowest BCUT2D eigenvalue weighted by atomic mass is 10.1. The topological polar surface area (TPSA) is 112 Å². The molecule has 38 heavy (non-hydrogen) atoms. The van der Waals surface area contributed by atoms with Crippen LogP contribution in [0.4, 0.5) is 21.6 Å². The predicted octanol–water partition coefficient (Wildman–Crippen LogP) is 5.76. The van der Waals surface area contributed by atoms with E-state index in [4.69, 9.17) is 25.4 Å². The fourth-order valence-electron chi connectivity index (χ4n) is 3.84. The summed E-state index contributed by atoms with van der Waals surface area (Å²) < 4.78 is 42.5. The highest BCUT2D eigenvalue weighted by atomic mass is 35.5. The van der Waals surface area contributed by atoms with Gasteiger partial charge in [0.25, 0.3) is 0 Å². The molecule has 1 aliphatic heterocycles. The number of benzene rings is 2. The van der Waals surface area contributed by atoms with Crippen LogP contribution in [-0.2, 0) is 23.1 Å². The van der Waals surface area contributed by atoms with E-state index in [2.05, 4.69) is 32.4 Å². The van der Waals surface area contributed by atoms with Crippen molar-refractivity contribution >= 4 is 53.2 Å². The number of carbonyl (C=O) groups is 1. The van der Waals surface area contributed by atoms with Crippen LogP contribution in [0.1, 0.15) is 25.8 Å². The van der Waals surface area contributed by atoms with Gasteiger partial charge in [0.15, 0.2) is 0 Å². The molecule has 1 atom stereocenters. The van der Waals surface area contributed by atoms with E-state index in [9.17, 15) is 13.8 Å². The van der Waals surface area contributed by atoms with Gasteiger partial charge in [0.05, 0.1) is 41.6 Å². The number of halogens is 2. The molecule has 4 rings (SSSR count). The third-order valence-corrected chi connectivity index (χ3v) is 7.83. The molecule has 1 unspecified atom stereocenters. The quantitative estimate of drug-likeness (QED) is 0.251. The molecule has 2 N–H and O–H groups in total. The minimum Gasteiger partial charge on any atom is -0.380 e. The Kier molecular flexibility index (Phi) is 9.31. The summed E-state index contributed by atoms with van der Waals surface area (Å²) >= 11 is 5.93. The molecule has 0 saturated carbocycles. The van der Waals surface area contributed by atoms with Gasteiger partial charge in [0.2, 0.25) is 5.91 Å². The maximum Gasteiger partial charge on any atom is 0.340 e. The first kappa shape index (κ1) is 28.0. The van der Waals surface area contributed by atoms with Gasteiger partial charge < -0.3 is 24.4 Å². The summed E-state index contributed by atoms with van der Waals surface area (Å²) in [7, 11) is -3.62. The van der Waals surface area contributed by atoms with Crippen molar-refractivity contribution in [1.82, 2.24) is 9.97 Å². The first-order chi connectivity index (χ1) is 18.3. The molecule has 1 amide bonds. The van der Waals surface area contributed by atoms with Crippen LogP contribution in [0, 0.1) is 23.6 Å². The minimum atomic E-state index is -3.62. The molecule has 1 fully saturated rings. The number of nitrogens with zero attached hydrogens (tertiary/aromatic N) is 2. The monoisotopic (exact) mass is 560 g/mol. The van der Waals surface area contributed by atoms with Crippen LogP contribution in [0.5, 0.6) is 0 Å². The standard InChI is InChI=1S/C26H27ClFN4O5P/c1-3-36-38(34,37-4-2)15-25(33)32-23-13-20-24(11-18(23)6-5-17-9-10-35-14-17)29-16-30-26(20)31-19-7-8-22(28)21(27)12-19/h7-8,11-13,16-17H,3-4,9-10,14-15H2,1-2H3,(H,32,33)(H,29,30,31). The van der Waals surface area contributed by atoms with Crippen molar-refractivity contribution in [3.63, 3.8) is 0 Å². The van der Waals surface area contributed by atoms with E-state index in [1.54, 1.807) is 26.0 Å². The van der Waals surface area contributed by atoms with Crippen molar-refractivity contribution in [2.24, 2.45) is 5.92 Å². The second-order valence-corrected chi connectivity index (χ2v) is 10.8. The summed E-state index contributed by atoms with van der Waals surface area (Å²) in [5.41, 5.74) is 1.98. The zero-order chi connectivity index (χ0) is 27.1. The Morgan fingerprint density at radius 3 is 2.71 bits per heavy atom. The molecule has 0 radical (unpaired) electrons. The van der Waals surface area contributed by atoms with E-state index >= 15 is 0 Å². The molecule has 9 nitrogen and oxygen atoms in total. The Bertz CT molecular complexity index is 1430. The molecular weight excluding hydrogens is 534 g/mol. The number of aromatic nitrogens is 2. The van der Waals surface area contributed by atoms with Gasteiger partial charge >= 0.3 is 7.60 Å². The second-order valence-electron chi connectivity index (χ2n) is 8.37. The van der Waals surface area contributed by atoms with Crippen LogP contribution in [0.3, 0.4) is 0 Å². The number of rotatable bonds is 9. The summed E-state index contributed by atoms with van der Waals surface area (Å²) in [6.45, 7) is 4.83. The summed E-state index contributed by atoms with van der Waals surface area (Å²) in [5, 5.41) is 6.44. The van der Waals surface area contributed by atoms with Gasteiger partial charge in [-0.3, -0.25) is 9.36 Å². The average molecular weight is 561 g/mol. The number of fused-ring (bicyclic) bond motifs is 1. The van der Waals surface area contributed by atoms with Crippen LogP contribution in [-0.4, -0.2) is 48.5 Å². The zero-order valence-electron chi connectivity index (χ0n) is 20.9. The molecule has 1 aromatic heterocycles. The molecule has 200 valence electrons. The zero-order valence-corrected chi connectivity index (χ0v) is 22.6. The van der Waals surface area contributed by atoms with E-state index in [0.29, 0.717) is 46.9 Å². The maximum atomic E-state index is 13.6. The number of amides is 1. The van der Waals surface area contributed by atoms with E-state index in [1.165, 1.54) is 24.5 Å². The number of hydrogen-bond donors (Lipinski definition) is 2. The third kappa shape index (κ3) is 7.07. The normalized spacial score (nSPS) is 15.2. The number of nitrogens with one attached hydrogen (secondary N) is 2. The second kappa shape index (κ2) is 12.7. The van der Waals surface area contributed by atoms with Crippen LogP contribution < -0.4 is 10.6 Å². The van der Waals surface area contributed by atoms with Crippen molar-refractivity contribution in [3.05, 3.63) is 53.1 Å². The fourth-order valence-corrected chi connectivity index (χ4v) is 5.49. The van der Waals surface area contributed by atoms with E-state index in [0.717, 1.165) is 6.42 Å². The Morgan fingerprint density at radius 1 is 1.24 bits per heavy atom. The molecule has 1 saturated heterocycles.